The van der Waals surface area contributed by atoms with Crippen molar-refractivity contribution in [1.29, 1.82) is 0 Å². The molecule has 0 aromatic carbocycles. The van der Waals surface area contributed by atoms with Gasteiger partial charge in [-0.05, 0) is 55.8 Å². The number of carbonyl (C=O) groups excluding carboxylic acids is 1. The third kappa shape index (κ3) is 1.55. The maximum absolute atomic E-state index is 12.1. The molecule has 0 aromatic rings. The lowest BCUT2D eigenvalue weighted by Crippen LogP contribution is -2.34. The van der Waals surface area contributed by atoms with Crippen molar-refractivity contribution >= 4 is 5.91 Å². The molecule has 2 bridgehead atoms. The summed E-state index contributed by atoms with van der Waals surface area (Å²) in [5, 5.41) is 3.12. The highest BCUT2D eigenvalue weighted by atomic mass is 16.5. The van der Waals surface area contributed by atoms with Crippen LogP contribution >= 0.6 is 0 Å². The highest BCUT2D eigenvalue weighted by molar-refractivity contribution is 5.82. The minimum absolute atomic E-state index is 0.286. The van der Waals surface area contributed by atoms with Gasteiger partial charge in [-0.2, -0.15) is 0 Å². The molecule has 1 heterocycles. The lowest BCUT2D eigenvalue weighted by molar-refractivity contribution is -0.123. The van der Waals surface area contributed by atoms with E-state index < -0.39 is 0 Å². The number of hydrogen-bond donors (Lipinski definition) is 1. The van der Waals surface area contributed by atoms with Gasteiger partial charge in [0.2, 0.25) is 5.91 Å². The van der Waals surface area contributed by atoms with Gasteiger partial charge < -0.3 is 10.1 Å². The zero-order valence-corrected chi connectivity index (χ0v) is 10.2. The van der Waals surface area contributed by atoms with E-state index >= 15 is 0 Å². The van der Waals surface area contributed by atoms with Crippen molar-refractivity contribution in [2.24, 2.45) is 29.6 Å². The second kappa shape index (κ2) is 3.71. The number of fused-ring (bicyclic) bond motifs is 5. The van der Waals surface area contributed by atoms with Gasteiger partial charge in [0.05, 0.1) is 6.10 Å². The summed E-state index contributed by atoms with van der Waals surface area (Å²) in [5.41, 5.74) is 0. The fraction of sp³-hybridized carbons (Fsp3) is 0.929. The van der Waals surface area contributed by atoms with E-state index in [4.69, 9.17) is 4.74 Å². The number of rotatable bonds is 3. The standard InChI is InChI=1S/C14H21NO2/c16-14(15-7-10-2-1-5-17-10)13-11-8-3-4-9(6-8)12(11)13/h8-13H,1-7H2,(H,15,16). The van der Waals surface area contributed by atoms with Gasteiger partial charge in [-0.15, -0.1) is 0 Å². The topological polar surface area (TPSA) is 38.3 Å². The summed E-state index contributed by atoms with van der Waals surface area (Å²) in [6, 6.07) is 0. The monoisotopic (exact) mass is 235 g/mol. The molecule has 3 nitrogen and oxygen atoms in total. The molecule has 0 aromatic heterocycles. The molecule has 4 rings (SSSR count). The molecule has 17 heavy (non-hydrogen) atoms. The zero-order valence-electron chi connectivity index (χ0n) is 10.2. The van der Waals surface area contributed by atoms with Crippen molar-refractivity contribution in [3.63, 3.8) is 0 Å². The van der Waals surface area contributed by atoms with Gasteiger partial charge in [0.1, 0.15) is 0 Å². The van der Waals surface area contributed by atoms with Crippen LogP contribution in [0.3, 0.4) is 0 Å². The summed E-state index contributed by atoms with van der Waals surface area (Å²) in [6.45, 7) is 1.61. The smallest absolute Gasteiger partial charge is 0.223 e. The number of amides is 1. The van der Waals surface area contributed by atoms with Crippen LogP contribution in [0.5, 0.6) is 0 Å². The Kier molecular flexibility index (Phi) is 2.26. The highest BCUT2D eigenvalue weighted by Gasteiger charge is 2.67. The SMILES string of the molecule is O=C(NCC1CCCO1)C1C2C3CCC(C3)C12. The summed E-state index contributed by atoms with van der Waals surface area (Å²) in [4.78, 5) is 12.1. The second-order valence-corrected chi connectivity index (χ2v) is 6.39. The number of ether oxygens (including phenoxy) is 1. The fourth-order valence-electron chi connectivity index (χ4n) is 4.81. The summed E-state index contributed by atoms with van der Waals surface area (Å²) in [7, 11) is 0. The van der Waals surface area contributed by atoms with Crippen molar-refractivity contribution in [3.8, 4) is 0 Å². The molecule has 1 amide bonds. The molecule has 3 saturated carbocycles. The van der Waals surface area contributed by atoms with Crippen molar-refractivity contribution in [1.82, 2.24) is 5.32 Å². The molecule has 1 aliphatic heterocycles. The predicted octanol–water partition coefficient (Wildman–Crippen LogP) is 1.57. The molecule has 94 valence electrons. The van der Waals surface area contributed by atoms with Crippen LogP contribution in [0.25, 0.3) is 0 Å². The molecule has 4 aliphatic rings. The van der Waals surface area contributed by atoms with E-state index in [2.05, 4.69) is 5.32 Å². The second-order valence-electron chi connectivity index (χ2n) is 6.39. The number of nitrogens with one attached hydrogen (secondary N) is 1. The Morgan fingerprint density at radius 1 is 1.18 bits per heavy atom. The van der Waals surface area contributed by atoms with Gasteiger partial charge in [0.15, 0.2) is 0 Å². The van der Waals surface area contributed by atoms with Crippen LogP contribution in [-0.2, 0) is 9.53 Å². The molecule has 4 fully saturated rings. The molecular weight excluding hydrogens is 214 g/mol. The average molecular weight is 235 g/mol. The predicted molar refractivity (Wildman–Crippen MR) is 63.3 cm³/mol. The normalized spacial score (nSPS) is 50.4. The molecule has 5 unspecified atom stereocenters. The van der Waals surface area contributed by atoms with E-state index in [9.17, 15) is 4.79 Å². The summed E-state index contributed by atoms with van der Waals surface area (Å²) < 4.78 is 5.54. The molecule has 1 saturated heterocycles. The fourth-order valence-corrected chi connectivity index (χ4v) is 4.81. The van der Waals surface area contributed by atoms with Gasteiger partial charge in [-0.3, -0.25) is 4.79 Å². The van der Waals surface area contributed by atoms with Crippen LogP contribution in [0.1, 0.15) is 32.1 Å². The molecule has 0 spiro atoms. The molecule has 5 atom stereocenters. The van der Waals surface area contributed by atoms with Crippen LogP contribution in [0.4, 0.5) is 0 Å². The first kappa shape index (κ1) is 10.4. The largest absolute Gasteiger partial charge is 0.376 e. The third-order valence-electron chi connectivity index (χ3n) is 5.57. The molecule has 1 N–H and O–H groups in total. The maximum Gasteiger partial charge on any atom is 0.223 e. The Balaban J connectivity index is 1.30. The maximum atomic E-state index is 12.1. The van der Waals surface area contributed by atoms with Gasteiger partial charge in [-0.1, -0.05) is 0 Å². The van der Waals surface area contributed by atoms with E-state index in [0.717, 1.165) is 49.7 Å². The van der Waals surface area contributed by atoms with Gasteiger partial charge in [0.25, 0.3) is 0 Å². The quantitative estimate of drug-likeness (QED) is 0.806. The number of carbonyl (C=O) groups is 1. The van der Waals surface area contributed by atoms with Gasteiger partial charge in [0, 0.05) is 19.1 Å². The van der Waals surface area contributed by atoms with Crippen LogP contribution in [0.2, 0.25) is 0 Å². The highest BCUT2D eigenvalue weighted by Crippen LogP contribution is 2.69. The van der Waals surface area contributed by atoms with Crippen molar-refractivity contribution < 1.29 is 9.53 Å². The van der Waals surface area contributed by atoms with Crippen molar-refractivity contribution in [3.05, 3.63) is 0 Å². The Hall–Kier alpha value is -0.570. The minimum atomic E-state index is 0.286. The minimum Gasteiger partial charge on any atom is -0.376 e. The first-order valence-corrected chi connectivity index (χ1v) is 7.24. The number of hydrogen-bond acceptors (Lipinski definition) is 2. The van der Waals surface area contributed by atoms with E-state index in [1.165, 1.54) is 19.3 Å². The Morgan fingerprint density at radius 3 is 2.59 bits per heavy atom. The first-order valence-electron chi connectivity index (χ1n) is 7.24. The average Bonchev–Trinajstić information content (AvgIpc) is 2.80. The van der Waals surface area contributed by atoms with E-state index in [0.29, 0.717) is 11.8 Å². The lowest BCUT2D eigenvalue weighted by atomic mass is 10.0. The van der Waals surface area contributed by atoms with Gasteiger partial charge in [-0.25, -0.2) is 0 Å². The molecule has 3 heteroatoms. The summed E-state index contributed by atoms with van der Waals surface area (Å²) in [6.07, 6.45) is 6.75. The Labute approximate surface area is 102 Å². The van der Waals surface area contributed by atoms with Crippen molar-refractivity contribution in [2.45, 2.75) is 38.2 Å². The van der Waals surface area contributed by atoms with Crippen LogP contribution in [-0.4, -0.2) is 25.2 Å². The van der Waals surface area contributed by atoms with E-state index in [1.54, 1.807) is 0 Å². The zero-order chi connectivity index (χ0) is 11.4. The third-order valence-corrected chi connectivity index (χ3v) is 5.57. The van der Waals surface area contributed by atoms with E-state index in [-0.39, 0.29) is 6.10 Å². The molecular formula is C14H21NO2. The lowest BCUT2D eigenvalue weighted by Gasteiger charge is -2.12. The van der Waals surface area contributed by atoms with E-state index in [1.807, 2.05) is 0 Å². The van der Waals surface area contributed by atoms with Crippen LogP contribution in [0.15, 0.2) is 0 Å². The van der Waals surface area contributed by atoms with Crippen molar-refractivity contribution in [2.75, 3.05) is 13.2 Å². The Morgan fingerprint density at radius 2 is 1.94 bits per heavy atom. The summed E-state index contributed by atoms with van der Waals surface area (Å²) in [5.74, 6) is 4.01. The van der Waals surface area contributed by atoms with Crippen LogP contribution in [0, 0.1) is 29.6 Å². The van der Waals surface area contributed by atoms with Gasteiger partial charge >= 0.3 is 0 Å². The molecule has 3 aliphatic carbocycles. The Bertz CT molecular complexity index is 321. The first-order chi connectivity index (χ1) is 8.34. The van der Waals surface area contributed by atoms with Crippen LogP contribution < -0.4 is 5.32 Å². The summed E-state index contributed by atoms with van der Waals surface area (Å²) >= 11 is 0. The molecule has 0 radical (unpaired) electrons.